The van der Waals surface area contributed by atoms with E-state index in [1.165, 1.54) is 42.1 Å². The minimum atomic E-state index is -4.78. The predicted molar refractivity (Wildman–Crippen MR) is 113 cm³/mol. The van der Waals surface area contributed by atoms with Crippen molar-refractivity contribution >= 4 is 34.6 Å². The minimum absolute atomic E-state index is 0.00528. The second-order valence-corrected chi connectivity index (χ2v) is 8.07. The summed E-state index contributed by atoms with van der Waals surface area (Å²) in [4.78, 5) is 16.7. The Bertz CT molecular complexity index is 1020. The maximum atomic E-state index is 14.2. The average molecular weight is 453 g/mol. The molecule has 5 nitrogen and oxygen atoms in total. The number of nitrogens with two attached hydrogens (primary N) is 1. The molecule has 2 aromatic carbocycles. The highest BCUT2D eigenvalue weighted by Crippen LogP contribution is 2.36. The Morgan fingerprint density at radius 1 is 1.26 bits per heavy atom. The highest BCUT2D eigenvalue weighted by molar-refractivity contribution is 8.13. The number of hydrogen-bond acceptors (Lipinski definition) is 5. The van der Waals surface area contributed by atoms with E-state index in [0.717, 1.165) is 29.5 Å². The van der Waals surface area contributed by atoms with E-state index in [9.17, 15) is 22.4 Å². The molecule has 0 saturated heterocycles. The number of rotatable bonds is 5. The van der Waals surface area contributed by atoms with Crippen LogP contribution in [-0.4, -0.2) is 23.2 Å². The highest BCUT2D eigenvalue weighted by Gasteiger charge is 2.31. The number of ether oxygens (including phenoxy) is 1. The number of amides is 1. The van der Waals surface area contributed by atoms with Gasteiger partial charge < -0.3 is 15.8 Å². The Hall–Kier alpha value is -3.01. The van der Waals surface area contributed by atoms with Crippen molar-refractivity contribution in [2.24, 2.45) is 10.7 Å². The van der Waals surface area contributed by atoms with Crippen LogP contribution < -0.4 is 15.8 Å². The molecule has 1 aliphatic rings. The number of amidine groups is 1. The third kappa shape index (κ3) is 6.24. The van der Waals surface area contributed by atoms with Gasteiger partial charge in [0.15, 0.2) is 5.17 Å². The van der Waals surface area contributed by atoms with Crippen LogP contribution in [0.25, 0.3) is 6.08 Å². The van der Waals surface area contributed by atoms with Gasteiger partial charge in [0, 0.05) is 11.8 Å². The fourth-order valence-electron chi connectivity index (χ4n) is 2.98. The maximum Gasteiger partial charge on any atom is 0.573 e. The van der Waals surface area contributed by atoms with Crippen molar-refractivity contribution in [3.8, 4) is 5.75 Å². The molecule has 10 heteroatoms. The van der Waals surface area contributed by atoms with E-state index >= 15 is 0 Å². The molecule has 1 unspecified atom stereocenters. The Kier molecular flexibility index (Phi) is 6.59. The van der Waals surface area contributed by atoms with Gasteiger partial charge in [0.25, 0.3) is 0 Å². The predicted octanol–water partition coefficient (Wildman–Crippen LogP) is 5.04. The molecule has 0 saturated carbocycles. The molecule has 1 aliphatic heterocycles. The van der Waals surface area contributed by atoms with E-state index < -0.39 is 23.6 Å². The van der Waals surface area contributed by atoms with Gasteiger partial charge in [-0.2, -0.15) is 0 Å². The van der Waals surface area contributed by atoms with Crippen molar-refractivity contribution in [2.45, 2.75) is 25.2 Å². The molecule has 0 fully saturated rings. The van der Waals surface area contributed by atoms with Gasteiger partial charge in [0.2, 0.25) is 5.91 Å². The number of nitrogens with zero attached hydrogens (tertiary/aromatic N) is 1. The summed E-state index contributed by atoms with van der Waals surface area (Å²) in [6.45, 7) is 1.89. The van der Waals surface area contributed by atoms with Crippen LogP contribution in [0, 0.1) is 5.82 Å². The fraction of sp³-hybridized carbons (Fsp3) is 0.238. The van der Waals surface area contributed by atoms with Gasteiger partial charge in [-0.05, 0) is 54.8 Å². The van der Waals surface area contributed by atoms with Crippen LogP contribution in [0.5, 0.6) is 5.75 Å². The van der Waals surface area contributed by atoms with Gasteiger partial charge in [-0.15, -0.1) is 13.2 Å². The van der Waals surface area contributed by atoms with Crippen molar-refractivity contribution in [1.29, 1.82) is 0 Å². The van der Waals surface area contributed by atoms with E-state index in [-0.39, 0.29) is 11.4 Å². The van der Waals surface area contributed by atoms with Crippen LogP contribution in [0.4, 0.5) is 23.2 Å². The van der Waals surface area contributed by atoms with Crippen LogP contribution in [0.1, 0.15) is 24.5 Å². The summed E-state index contributed by atoms with van der Waals surface area (Å²) in [5.41, 5.74) is 6.40. The van der Waals surface area contributed by atoms with Crippen molar-refractivity contribution in [3.63, 3.8) is 0 Å². The van der Waals surface area contributed by atoms with Gasteiger partial charge in [0.05, 0.1) is 11.2 Å². The second-order valence-electron chi connectivity index (χ2n) is 6.96. The number of benzene rings is 2. The van der Waals surface area contributed by atoms with Crippen molar-refractivity contribution in [3.05, 3.63) is 65.5 Å². The Balaban J connectivity index is 1.70. The molecule has 3 rings (SSSR count). The summed E-state index contributed by atoms with van der Waals surface area (Å²) in [5, 5.41) is 2.93. The van der Waals surface area contributed by atoms with Crippen molar-refractivity contribution in [2.75, 3.05) is 11.1 Å². The fourth-order valence-corrected chi connectivity index (χ4v) is 3.95. The summed E-state index contributed by atoms with van der Waals surface area (Å²) < 4.78 is 54.6. The van der Waals surface area contributed by atoms with Gasteiger partial charge in [0.1, 0.15) is 11.6 Å². The number of anilines is 1. The molecule has 0 bridgehead atoms. The summed E-state index contributed by atoms with van der Waals surface area (Å²) in [5.74, 6) is -0.796. The molecule has 1 heterocycles. The Morgan fingerprint density at radius 2 is 1.97 bits per heavy atom. The first-order valence-corrected chi connectivity index (χ1v) is 10.2. The molecule has 31 heavy (non-hydrogen) atoms. The smallest absolute Gasteiger partial charge is 0.406 e. The zero-order valence-electron chi connectivity index (χ0n) is 16.4. The quantitative estimate of drug-likeness (QED) is 0.491. The third-order valence-electron chi connectivity index (χ3n) is 4.58. The summed E-state index contributed by atoms with van der Waals surface area (Å²) in [6, 6.07) is 9.36. The van der Waals surface area contributed by atoms with Gasteiger partial charge >= 0.3 is 6.36 Å². The first-order chi connectivity index (χ1) is 14.5. The number of aliphatic imine (C=N–C) groups is 1. The Morgan fingerprint density at radius 3 is 2.61 bits per heavy atom. The molecule has 0 aromatic heterocycles. The molecular formula is C21H19F4N3O2S. The molecule has 2 aromatic rings. The standard InChI is InChI=1S/C21H19F4N3O2S/c1-20(10-11-31-19(26)28-20)14-5-8-16(22)17(12-14)27-18(29)9-4-13-2-6-15(7-3-13)30-21(23,24)25/h2-9,12H,10-11H2,1H3,(H2,26,28)(H,27,29)/b9-4+. The highest BCUT2D eigenvalue weighted by atomic mass is 32.2. The molecule has 164 valence electrons. The first kappa shape index (κ1) is 22.7. The summed E-state index contributed by atoms with van der Waals surface area (Å²) in [6.07, 6.45) is -1.52. The normalized spacial score (nSPS) is 19.2. The molecular weight excluding hydrogens is 434 g/mol. The lowest BCUT2D eigenvalue weighted by Gasteiger charge is -2.30. The van der Waals surface area contributed by atoms with Crippen LogP contribution in [0.15, 0.2) is 53.5 Å². The van der Waals surface area contributed by atoms with Crippen molar-refractivity contribution < 1.29 is 27.1 Å². The van der Waals surface area contributed by atoms with E-state index in [1.54, 1.807) is 6.07 Å². The maximum absolute atomic E-state index is 14.2. The number of thioether (sulfide) groups is 1. The molecule has 0 aliphatic carbocycles. The zero-order valence-corrected chi connectivity index (χ0v) is 17.2. The molecule has 1 atom stereocenters. The molecule has 3 N–H and O–H groups in total. The number of hydrogen-bond donors (Lipinski definition) is 2. The van der Waals surface area contributed by atoms with E-state index in [2.05, 4.69) is 15.0 Å². The van der Waals surface area contributed by atoms with Gasteiger partial charge in [-0.25, -0.2) is 4.39 Å². The van der Waals surface area contributed by atoms with E-state index in [1.807, 2.05) is 6.92 Å². The number of nitrogens with one attached hydrogen (secondary N) is 1. The SMILES string of the molecule is CC1(c2ccc(F)c(NC(=O)/C=C/c3ccc(OC(F)(F)F)cc3)c2)CCSC(N)=N1. The number of carbonyl (C=O) groups excluding carboxylic acids is 1. The van der Waals surface area contributed by atoms with E-state index in [4.69, 9.17) is 5.73 Å². The van der Waals surface area contributed by atoms with Crippen LogP contribution in [0.3, 0.4) is 0 Å². The van der Waals surface area contributed by atoms with Crippen LogP contribution in [-0.2, 0) is 10.3 Å². The van der Waals surface area contributed by atoms with E-state index in [0.29, 0.717) is 17.2 Å². The summed E-state index contributed by atoms with van der Waals surface area (Å²) >= 11 is 1.45. The molecule has 0 spiro atoms. The second kappa shape index (κ2) is 9.01. The van der Waals surface area contributed by atoms with Gasteiger partial charge in [-0.1, -0.05) is 30.0 Å². The number of halogens is 4. The molecule has 1 amide bonds. The monoisotopic (exact) mass is 453 g/mol. The van der Waals surface area contributed by atoms with Crippen molar-refractivity contribution in [1.82, 2.24) is 0 Å². The Labute approximate surface area is 180 Å². The van der Waals surface area contributed by atoms with Crippen LogP contribution >= 0.6 is 11.8 Å². The lowest BCUT2D eigenvalue weighted by atomic mass is 9.89. The lowest BCUT2D eigenvalue weighted by molar-refractivity contribution is -0.274. The largest absolute Gasteiger partial charge is 0.573 e. The number of carbonyl (C=O) groups is 1. The van der Waals surface area contributed by atoms with Gasteiger partial charge in [-0.3, -0.25) is 9.79 Å². The topological polar surface area (TPSA) is 76.7 Å². The molecule has 0 radical (unpaired) electrons. The minimum Gasteiger partial charge on any atom is -0.406 e. The number of alkyl halides is 3. The third-order valence-corrected chi connectivity index (χ3v) is 5.38. The summed E-state index contributed by atoms with van der Waals surface area (Å²) in [7, 11) is 0. The van der Waals surface area contributed by atoms with Crippen LogP contribution in [0.2, 0.25) is 0 Å². The zero-order chi connectivity index (χ0) is 22.6. The average Bonchev–Trinajstić information content (AvgIpc) is 2.68. The first-order valence-electron chi connectivity index (χ1n) is 9.17. The lowest BCUT2D eigenvalue weighted by Crippen LogP contribution is -2.29.